The average Bonchev–Trinajstić information content (AvgIpc) is 2.56. The van der Waals surface area contributed by atoms with Crippen LogP contribution in [0.25, 0.3) is 0 Å². The molecule has 0 unspecified atom stereocenters. The van der Waals surface area contributed by atoms with E-state index in [2.05, 4.69) is 10.6 Å². The van der Waals surface area contributed by atoms with Crippen molar-refractivity contribution >= 4 is 23.2 Å². The van der Waals surface area contributed by atoms with Crippen LogP contribution >= 0.6 is 0 Å². The molecule has 126 valence electrons. The zero-order valence-electron chi connectivity index (χ0n) is 13.5. The Morgan fingerprint density at radius 2 is 1.62 bits per heavy atom. The molecule has 0 spiro atoms. The number of carbonyl (C=O) groups excluding carboxylic acids is 2. The molecule has 0 atom stereocenters. The molecule has 0 saturated heterocycles. The van der Waals surface area contributed by atoms with Gasteiger partial charge in [-0.25, -0.2) is 4.39 Å². The van der Waals surface area contributed by atoms with E-state index in [0.717, 1.165) is 6.07 Å². The molecule has 0 aliphatic heterocycles. The number of carbonyl (C=O) groups is 2. The Morgan fingerprint density at radius 1 is 0.917 bits per heavy atom. The lowest BCUT2D eigenvalue weighted by Crippen LogP contribution is -2.15. The molecule has 6 nitrogen and oxygen atoms in total. The predicted octanol–water partition coefficient (Wildman–Crippen LogP) is 3.05. The minimum atomic E-state index is -0.535. The third-order valence-corrected chi connectivity index (χ3v) is 3.19. The highest BCUT2D eigenvalue weighted by Crippen LogP contribution is 2.29. The molecule has 24 heavy (non-hydrogen) atoms. The lowest BCUT2D eigenvalue weighted by Gasteiger charge is -2.13. The van der Waals surface area contributed by atoms with E-state index in [1.165, 1.54) is 39.3 Å². The van der Waals surface area contributed by atoms with Crippen LogP contribution in [-0.4, -0.2) is 26.0 Å². The Bertz CT molecular complexity index is 777. The van der Waals surface area contributed by atoms with Crippen molar-refractivity contribution in [1.82, 2.24) is 0 Å². The Balaban J connectivity index is 2.29. The predicted molar refractivity (Wildman–Crippen MR) is 88.2 cm³/mol. The molecule has 0 heterocycles. The van der Waals surface area contributed by atoms with Crippen molar-refractivity contribution in [2.45, 2.75) is 6.92 Å². The molecule has 0 saturated carbocycles. The van der Waals surface area contributed by atoms with Crippen molar-refractivity contribution in [2.24, 2.45) is 0 Å². The van der Waals surface area contributed by atoms with Gasteiger partial charge in [0.15, 0.2) is 11.5 Å². The standard InChI is InChI=1S/C17H17FN2O4/c1-10(21)19-13-6-5-12(18)9-14(13)20-17(22)11-4-7-15(23-2)16(8-11)24-3/h4-9H,1-3H3,(H,19,21)(H,20,22). The number of benzene rings is 2. The molecule has 0 radical (unpaired) electrons. The fourth-order valence-electron chi connectivity index (χ4n) is 2.09. The van der Waals surface area contributed by atoms with Crippen molar-refractivity contribution in [3.05, 3.63) is 47.8 Å². The Kier molecular flexibility index (Phi) is 5.36. The van der Waals surface area contributed by atoms with Crippen LogP contribution in [0.3, 0.4) is 0 Å². The van der Waals surface area contributed by atoms with Gasteiger partial charge in [-0.2, -0.15) is 0 Å². The summed E-state index contributed by atoms with van der Waals surface area (Å²) in [4.78, 5) is 23.6. The van der Waals surface area contributed by atoms with Crippen molar-refractivity contribution in [2.75, 3.05) is 24.9 Å². The van der Waals surface area contributed by atoms with Gasteiger partial charge in [0.05, 0.1) is 25.6 Å². The van der Waals surface area contributed by atoms with Gasteiger partial charge < -0.3 is 20.1 Å². The Hall–Kier alpha value is -3.09. The average molecular weight is 332 g/mol. The van der Waals surface area contributed by atoms with Crippen molar-refractivity contribution in [3.8, 4) is 11.5 Å². The molecule has 7 heteroatoms. The monoisotopic (exact) mass is 332 g/mol. The highest BCUT2D eigenvalue weighted by Gasteiger charge is 2.14. The molecule has 2 rings (SSSR count). The zero-order valence-corrected chi connectivity index (χ0v) is 13.5. The van der Waals surface area contributed by atoms with Gasteiger partial charge in [0.1, 0.15) is 5.82 Å². The van der Waals surface area contributed by atoms with Crippen LogP contribution in [-0.2, 0) is 4.79 Å². The first-order valence-corrected chi connectivity index (χ1v) is 7.05. The third kappa shape index (κ3) is 4.01. The molecular formula is C17H17FN2O4. The molecule has 2 N–H and O–H groups in total. The number of amides is 2. The van der Waals surface area contributed by atoms with E-state index >= 15 is 0 Å². The van der Waals surface area contributed by atoms with Crippen molar-refractivity contribution in [3.63, 3.8) is 0 Å². The van der Waals surface area contributed by atoms with Crippen LogP contribution in [0.2, 0.25) is 0 Å². The highest BCUT2D eigenvalue weighted by atomic mass is 19.1. The van der Waals surface area contributed by atoms with Crippen LogP contribution in [0.4, 0.5) is 15.8 Å². The van der Waals surface area contributed by atoms with Crippen LogP contribution in [0.1, 0.15) is 17.3 Å². The smallest absolute Gasteiger partial charge is 0.255 e. The lowest BCUT2D eigenvalue weighted by molar-refractivity contribution is -0.114. The maximum absolute atomic E-state index is 13.5. The Labute approximate surface area is 138 Å². The van der Waals surface area contributed by atoms with E-state index in [0.29, 0.717) is 22.7 Å². The number of halogens is 1. The number of methoxy groups -OCH3 is 2. The SMILES string of the molecule is COc1ccc(C(=O)Nc2cc(F)ccc2NC(C)=O)cc1OC. The molecule has 0 fully saturated rings. The van der Waals surface area contributed by atoms with E-state index in [9.17, 15) is 14.0 Å². The molecule has 0 aromatic heterocycles. The van der Waals surface area contributed by atoms with Crippen molar-refractivity contribution < 1.29 is 23.5 Å². The van der Waals surface area contributed by atoms with Crippen LogP contribution < -0.4 is 20.1 Å². The highest BCUT2D eigenvalue weighted by molar-refractivity contribution is 6.07. The molecule has 2 aromatic rings. The summed E-state index contributed by atoms with van der Waals surface area (Å²) < 4.78 is 23.7. The normalized spacial score (nSPS) is 10.0. The minimum Gasteiger partial charge on any atom is -0.493 e. The van der Waals surface area contributed by atoms with Gasteiger partial charge in [-0.15, -0.1) is 0 Å². The molecule has 0 aliphatic carbocycles. The van der Waals surface area contributed by atoms with Crippen LogP contribution in [0, 0.1) is 5.82 Å². The number of anilines is 2. The van der Waals surface area contributed by atoms with Gasteiger partial charge in [-0.1, -0.05) is 0 Å². The van der Waals surface area contributed by atoms with Gasteiger partial charge in [-0.3, -0.25) is 9.59 Å². The van der Waals surface area contributed by atoms with E-state index in [4.69, 9.17) is 9.47 Å². The fraction of sp³-hybridized carbons (Fsp3) is 0.176. The van der Waals surface area contributed by atoms with Gasteiger partial charge in [0.25, 0.3) is 5.91 Å². The summed E-state index contributed by atoms with van der Waals surface area (Å²) in [6, 6.07) is 8.34. The van der Waals surface area contributed by atoms with Crippen LogP contribution in [0.15, 0.2) is 36.4 Å². The quantitative estimate of drug-likeness (QED) is 0.882. The molecule has 0 aliphatic rings. The molecular weight excluding hydrogens is 315 g/mol. The molecule has 2 amide bonds. The number of nitrogens with one attached hydrogen (secondary N) is 2. The van der Waals surface area contributed by atoms with E-state index < -0.39 is 11.7 Å². The third-order valence-electron chi connectivity index (χ3n) is 3.19. The zero-order chi connectivity index (χ0) is 17.7. The topological polar surface area (TPSA) is 76.7 Å². The summed E-state index contributed by atoms with van der Waals surface area (Å²) >= 11 is 0. The summed E-state index contributed by atoms with van der Waals surface area (Å²) in [5, 5.41) is 5.10. The van der Waals surface area contributed by atoms with Gasteiger partial charge in [0.2, 0.25) is 5.91 Å². The lowest BCUT2D eigenvalue weighted by atomic mass is 10.1. The second-order valence-electron chi connectivity index (χ2n) is 4.89. The van der Waals surface area contributed by atoms with Gasteiger partial charge in [-0.05, 0) is 36.4 Å². The van der Waals surface area contributed by atoms with E-state index in [1.807, 2.05) is 0 Å². The molecule has 0 bridgehead atoms. The second-order valence-corrected chi connectivity index (χ2v) is 4.89. The van der Waals surface area contributed by atoms with Crippen LogP contribution in [0.5, 0.6) is 11.5 Å². The molecule has 2 aromatic carbocycles. The number of rotatable bonds is 5. The number of hydrogen-bond donors (Lipinski definition) is 2. The van der Waals surface area contributed by atoms with Gasteiger partial charge in [0, 0.05) is 12.5 Å². The summed E-state index contributed by atoms with van der Waals surface area (Å²) in [6.07, 6.45) is 0. The number of ether oxygens (including phenoxy) is 2. The Morgan fingerprint density at radius 3 is 2.25 bits per heavy atom. The summed E-state index contributed by atoms with van der Waals surface area (Å²) in [5.74, 6) is -0.465. The fourth-order valence-corrected chi connectivity index (χ4v) is 2.09. The first-order chi connectivity index (χ1) is 11.4. The van der Waals surface area contributed by atoms with E-state index in [1.54, 1.807) is 12.1 Å². The summed E-state index contributed by atoms with van der Waals surface area (Å²) in [5.41, 5.74) is 0.758. The maximum atomic E-state index is 13.5. The first kappa shape index (κ1) is 17.3. The summed E-state index contributed by atoms with van der Waals surface area (Å²) in [6.45, 7) is 1.32. The van der Waals surface area contributed by atoms with Gasteiger partial charge >= 0.3 is 0 Å². The summed E-state index contributed by atoms with van der Waals surface area (Å²) in [7, 11) is 2.95. The minimum absolute atomic E-state index is 0.157. The second kappa shape index (κ2) is 7.45. The first-order valence-electron chi connectivity index (χ1n) is 7.05. The largest absolute Gasteiger partial charge is 0.493 e. The van der Waals surface area contributed by atoms with Crippen molar-refractivity contribution in [1.29, 1.82) is 0 Å². The van der Waals surface area contributed by atoms with E-state index in [-0.39, 0.29) is 11.6 Å². The maximum Gasteiger partial charge on any atom is 0.255 e. The number of hydrogen-bond acceptors (Lipinski definition) is 4.